The Labute approximate surface area is 133 Å². The van der Waals surface area contributed by atoms with Gasteiger partial charge >= 0.3 is 0 Å². The maximum atomic E-state index is 11.9. The van der Waals surface area contributed by atoms with Crippen LogP contribution in [0.1, 0.15) is 45.4 Å². The molecule has 0 radical (unpaired) electrons. The second-order valence-electron chi connectivity index (χ2n) is 6.23. The molecule has 0 atom stereocenters. The van der Waals surface area contributed by atoms with Crippen molar-refractivity contribution in [2.75, 3.05) is 24.5 Å². The summed E-state index contributed by atoms with van der Waals surface area (Å²) < 4.78 is 0. The molecule has 22 heavy (non-hydrogen) atoms. The number of para-hydroxylation sites is 1. The molecule has 1 aromatic carbocycles. The minimum absolute atomic E-state index is 0.0211. The van der Waals surface area contributed by atoms with Gasteiger partial charge in [0.1, 0.15) is 0 Å². The Morgan fingerprint density at radius 2 is 1.95 bits per heavy atom. The Bertz CT molecular complexity index is 455. The molecular weight excluding hydrogens is 276 g/mol. The number of carbonyl (C=O) groups excluding carboxylic acids is 1. The largest absolute Gasteiger partial charge is 0.389 e. The second-order valence-corrected chi connectivity index (χ2v) is 6.23. The van der Waals surface area contributed by atoms with Crippen LogP contribution in [-0.4, -0.2) is 36.2 Å². The summed E-state index contributed by atoms with van der Waals surface area (Å²) in [6.45, 7) is 4.68. The molecule has 1 aliphatic rings. The van der Waals surface area contributed by atoms with Crippen molar-refractivity contribution < 1.29 is 9.90 Å². The Hall–Kier alpha value is -1.55. The number of nitrogens with one attached hydrogen (secondary N) is 1. The number of anilines is 1. The van der Waals surface area contributed by atoms with Crippen molar-refractivity contribution in [1.29, 1.82) is 0 Å². The van der Waals surface area contributed by atoms with Gasteiger partial charge in [0.15, 0.2) is 0 Å². The third-order valence-corrected chi connectivity index (χ3v) is 4.45. The van der Waals surface area contributed by atoms with Crippen LogP contribution in [0.2, 0.25) is 0 Å². The Kier molecular flexibility index (Phi) is 6.25. The minimum atomic E-state index is -0.746. The van der Waals surface area contributed by atoms with Crippen molar-refractivity contribution in [3.8, 4) is 0 Å². The molecule has 1 saturated carbocycles. The van der Waals surface area contributed by atoms with E-state index in [4.69, 9.17) is 0 Å². The summed E-state index contributed by atoms with van der Waals surface area (Å²) in [6.07, 6.45) is 4.75. The molecule has 122 valence electrons. The van der Waals surface area contributed by atoms with Crippen molar-refractivity contribution in [1.82, 2.24) is 5.32 Å². The second kappa shape index (κ2) is 8.18. The maximum Gasteiger partial charge on any atom is 0.222 e. The highest BCUT2D eigenvalue weighted by atomic mass is 16.3. The molecule has 4 heteroatoms. The molecule has 1 aromatic rings. The number of aliphatic hydroxyl groups is 1. The third-order valence-electron chi connectivity index (χ3n) is 4.45. The van der Waals surface area contributed by atoms with Gasteiger partial charge in [-0.25, -0.2) is 0 Å². The average molecular weight is 304 g/mol. The molecule has 0 aromatic heterocycles. The lowest BCUT2D eigenvalue weighted by molar-refractivity contribution is -0.125. The quantitative estimate of drug-likeness (QED) is 0.726. The zero-order chi connectivity index (χ0) is 15.8. The Morgan fingerprint density at radius 1 is 1.27 bits per heavy atom. The van der Waals surface area contributed by atoms with Crippen molar-refractivity contribution in [3.05, 3.63) is 30.3 Å². The number of hydrogen-bond acceptors (Lipinski definition) is 3. The molecule has 1 amide bonds. The smallest absolute Gasteiger partial charge is 0.222 e. The average Bonchev–Trinajstić information content (AvgIpc) is 2.94. The first-order valence-electron chi connectivity index (χ1n) is 8.42. The SMILES string of the molecule is CCN(CCCNC(=O)CC1(O)CCCC1)c1ccccc1. The fourth-order valence-corrected chi connectivity index (χ4v) is 3.18. The highest BCUT2D eigenvalue weighted by Crippen LogP contribution is 2.32. The van der Waals surface area contributed by atoms with Gasteiger partial charge in [0, 0.05) is 25.3 Å². The van der Waals surface area contributed by atoms with Gasteiger partial charge < -0.3 is 15.3 Å². The topological polar surface area (TPSA) is 52.6 Å². The van der Waals surface area contributed by atoms with Crippen molar-refractivity contribution in [2.24, 2.45) is 0 Å². The zero-order valence-corrected chi connectivity index (χ0v) is 13.6. The molecule has 2 rings (SSSR count). The molecule has 0 saturated heterocycles. The van der Waals surface area contributed by atoms with E-state index in [1.807, 2.05) is 18.2 Å². The van der Waals surface area contributed by atoms with E-state index < -0.39 is 5.60 Å². The lowest BCUT2D eigenvalue weighted by Crippen LogP contribution is -2.36. The predicted molar refractivity (Wildman–Crippen MR) is 90.0 cm³/mol. The van der Waals surface area contributed by atoms with Gasteiger partial charge in [-0.3, -0.25) is 4.79 Å². The summed E-state index contributed by atoms with van der Waals surface area (Å²) in [5.74, 6) is -0.0211. The van der Waals surface area contributed by atoms with Gasteiger partial charge in [0.05, 0.1) is 12.0 Å². The zero-order valence-electron chi connectivity index (χ0n) is 13.6. The lowest BCUT2D eigenvalue weighted by Gasteiger charge is -2.24. The van der Waals surface area contributed by atoms with Gasteiger partial charge in [-0.1, -0.05) is 31.0 Å². The van der Waals surface area contributed by atoms with Crippen LogP contribution in [0.15, 0.2) is 30.3 Å². The molecule has 4 nitrogen and oxygen atoms in total. The van der Waals surface area contributed by atoms with Crippen molar-refractivity contribution in [2.45, 2.75) is 51.0 Å². The van der Waals surface area contributed by atoms with Crippen molar-refractivity contribution >= 4 is 11.6 Å². The molecule has 0 aliphatic heterocycles. The van der Waals surface area contributed by atoms with Crippen LogP contribution < -0.4 is 10.2 Å². The predicted octanol–water partition coefficient (Wildman–Crippen LogP) is 2.71. The summed E-state index contributed by atoms with van der Waals surface area (Å²) in [4.78, 5) is 14.2. The molecule has 0 heterocycles. The minimum Gasteiger partial charge on any atom is -0.389 e. The summed E-state index contributed by atoms with van der Waals surface area (Å²) in [5, 5.41) is 13.2. The van der Waals surface area contributed by atoms with Crippen LogP contribution in [-0.2, 0) is 4.79 Å². The molecule has 0 unspecified atom stereocenters. The van der Waals surface area contributed by atoms with Gasteiger partial charge in [0.25, 0.3) is 0 Å². The molecule has 2 N–H and O–H groups in total. The molecular formula is C18H28N2O2. The first kappa shape index (κ1) is 16.8. The van der Waals surface area contributed by atoms with E-state index in [1.165, 1.54) is 5.69 Å². The lowest BCUT2D eigenvalue weighted by atomic mass is 9.98. The summed E-state index contributed by atoms with van der Waals surface area (Å²) >= 11 is 0. The van der Waals surface area contributed by atoms with Gasteiger partial charge in [-0.15, -0.1) is 0 Å². The highest BCUT2D eigenvalue weighted by molar-refractivity contribution is 5.77. The number of rotatable bonds is 8. The molecule has 1 fully saturated rings. The first-order valence-corrected chi connectivity index (χ1v) is 8.42. The van der Waals surface area contributed by atoms with Gasteiger partial charge in [0.2, 0.25) is 5.91 Å². The fraction of sp³-hybridized carbons (Fsp3) is 0.611. The van der Waals surface area contributed by atoms with E-state index in [1.54, 1.807) is 0 Å². The van der Waals surface area contributed by atoms with E-state index in [2.05, 4.69) is 29.3 Å². The number of amides is 1. The fourth-order valence-electron chi connectivity index (χ4n) is 3.18. The van der Waals surface area contributed by atoms with Crippen LogP contribution in [0.5, 0.6) is 0 Å². The summed E-state index contributed by atoms with van der Waals surface area (Å²) in [7, 11) is 0. The van der Waals surface area contributed by atoms with Crippen LogP contribution in [0.3, 0.4) is 0 Å². The number of nitrogens with zero attached hydrogens (tertiary/aromatic N) is 1. The van der Waals surface area contributed by atoms with E-state index in [0.29, 0.717) is 6.54 Å². The normalized spacial score (nSPS) is 16.5. The molecule has 0 spiro atoms. The monoisotopic (exact) mass is 304 g/mol. The summed E-state index contributed by atoms with van der Waals surface area (Å²) in [6, 6.07) is 10.3. The Balaban J connectivity index is 1.66. The number of carbonyl (C=O) groups is 1. The number of benzene rings is 1. The Morgan fingerprint density at radius 3 is 2.59 bits per heavy atom. The van der Waals surface area contributed by atoms with Crippen molar-refractivity contribution in [3.63, 3.8) is 0 Å². The molecule has 1 aliphatic carbocycles. The summed E-state index contributed by atoms with van der Waals surface area (Å²) in [5.41, 5.74) is 0.473. The van der Waals surface area contributed by atoms with Gasteiger partial charge in [-0.2, -0.15) is 0 Å². The maximum absolute atomic E-state index is 11.9. The van der Waals surface area contributed by atoms with E-state index in [-0.39, 0.29) is 12.3 Å². The van der Waals surface area contributed by atoms with E-state index >= 15 is 0 Å². The third kappa shape index (κ3) is 5.02. The number of hydrogen-bond donors (Lipinski definition) is 2. The first-order chi connectivity index (χ1) is 10.6. The standard InChI is InChI=1S/C18H28N2O2/c1-2-20(16-9-4-3-5-10-16)14-8-13-19-17(21)15-18(22)11-6-7-12-18/h3-5,9-10,22H,2,6-8,11-15H2,1H3,(H,19,21). The van der Waals surface area contributed by atoms with Crippen LogP contribution in [0, 0.1) is 0 Å². The van der Waals surface area contributed by atoms with E-state index in [0.717, 1.165) is 45.2 Å². The van der Waals surface area contributed by atoms with Crippen LogP contribution >= 0.6 is 0 Å². The van der Waals surface area contributed by atoms with Gasteiger partial charge in [-0.05, 0) is 38.3 Å². The molecule has 0 bridgehead atoms. The van der Waals surface area contributed by atoms with Crippen LogP contribution in [0.4, 0.5) is 5.69 Å². The highest BCUT2D eigenvalue weighted by Gasteiger charge is 2.33. The van der Waals surface area contributed by atoms with Crippen LogP contribution in [0.25, 0.3) is 0 Å². The van der Waals surface area contributed by atoms with E-state index in [9.17, 15) is 9.90 Å².